The van der Waals surface area contributed by atoms with Crippen molar-refractivity contribution in [3.8, 4) is 0 Å². The number of allylic oxidation sites excluding steroid dienone is 1. The quantitative estimate of drug-likeness (QED) is 0.583. The summed E-state index contributed by atoms with van der Waals surface area (Å²) in [6.45, 7) is 3.40. The summed E-state index contributed by atoms with van der Waals surface area (Å²) in [5, 5.41) is 2.06. The monoisotopic (exact) mass is 246 g/mol. The summed E-state index contributed by atoms with van der Waals surface area (Å²) in [5.41, 5.74) is 0. The van der Waals surface area contributed by atoms with Crippen molar-refractivity contribution < 1.29 is 4.74 Å². The van der Waals surface area contributed by atoms with Gasteiger partial charge in [0.15, 0.2) is 0 Å². The molecule has 0 fully saturated rings. The molecule has 1 rings (SSSR count). The highest BCUT2D eigenvalue weighted by molar-refractivity contribution is 9.10. The second-order valence-electron chi connectivity index (χ2n) is 2.32. The van der Waals surface area contributed by atoms with E-state index in [1.54, 1.807) is 11.3 Å². The number of ether oxygens (including phenoxy) is 1. The van der Waals surface area contributed by atoms with Gasteiger partial charge < -0.3 is 4.74 Å². The molecule has 0 aliphatic heterocycles. The average Bonchev–Trinajstić information content (AvgIpc) is 2.45. The molecule has 0 N–H and O–H groups in total. The minimum atomic E-state index is 0.700. The van der Waals surface area contributed by atoms with Gasteiger partial charge in [0, 0.05) is 14.7 Å². The highest BCUT2D eigenvalue weighted by Crippen LogP contribution is 2.20. The van der Waals surface area contributed by atoms with E-state index in [9.17, 15) is 0 Å². The fourth-order valence-corrected chi connectivity index (χ4v) is 2.14. The third-order valence-corrected chi connectivity index (χ3v) is 2.99. The van der Waals surface area contributed by atoms with Crippen molar-refractivity contribution in [1.29, 1.82) is 0 Å². The van der Waals surface area contributed by atoms with E-state index in [4.69, 9.17) is 4.74 Å². The number of hydrogen-bond donors (Lipinski definition) is 0. The number of thiophene rings is 1. The lowest BCUT2D eigenvalue weighted by Crippen LogP contribution is -1.89. The minimum Gasteiger partial charge on any atom is -0.372 e. The summed E-state index contributed by atoms with van der Waals surface area (Å²) >= 11 is 5.11. The molecule has 0 aromatic carbocycles. The Labute approximate surface area is 85.2 Å². The lowest BCUT2D eigenvalue weighted by molar-refractivity contribution is 0.151. The standard InChI is InChI=1S/C9H11BrOS/c1-2-3-4-11-6-9-5-8(10)7-12-9/h2-3,5,7H,4,6H2,1H3. The van der Waals surface area contributed by atoms with Gasteiger partial charge in [0.1, 0.15) is 0 Å². The highest BCUT2D eigenvalue weighted by Gasteiger charge is 1.95. The zero-order valence-electron chi connectivity index (χ0n) is 6.92. The van der Waals surface area contributed by atoms with Gasteiger partial charge in [0.05, 0.1) is 13.2 Å². The van der Waals surface area contributed by atoms with Crippen molar-refractivity contribution in [1.82, 2.24) is 0 Å². The van der Waals surface area contributed by atoms with E-state index in [1.807, 2.05) is 19.1 Å². The van der Waals surface area contributed by atoms with Gasteiger partial charge in [0.2, 0.25) is 0 Å². The van der Waals surface area contributed by atoms with Crippen molar-refractivity contribution >= 4 is 27.3 Å². The zero-order valence-corrected chi connectivity index (χ0v) is 9.32. The fourth-order valence-electron chi connectivity index (χ4n) is 0.753. The molecule has 1 aromatic heterocycles. The van der Waals surface area contributed by atoms with Gasteiger partial charge in [-0.2, -0.15) is 0 Å². The van der Waals surface area contributed by atoms with Crippen LogP contribution >= 0.6 is 27.3 Å². The first-order valence-corrected chi connectivity index (χ1v) is 5.42. The predicted octanol–water partition coefficient (Wildman–Crippen LogP) is 3.60. The summed E-state index contributed by atoms with van der Waals surface area (Å²) in [6, 6.07) is 2.08. The van der Waals surface area contributed by atoms with Gasteiger partial charge in [-0.05, 0) is 28.9 Å². The van der Waals surface area contributed by atoms with Crippen molar-refractivity contribution in [2.24, 2.45) is 0 Å². The lowest BCUT2D eigenvalue weighted by Gasteiger charge is -1.96. The van der Waals surface area contributed by atoms with E-state index >= 15 is 0 Å². The van der Waals surface area contributed by atoms with Gasteiger partial charge in [-0.25, -0.2) is 0 Å². The molecule has 0 bridgehead atoms. The maximum atomic E-state index is 5.38. The topological polar surface area (TPSA) is 9.23 Å². The third-order valence-electron chi connectivity index (χ3n) is 1.32. The molecule has 66 valence electrons. The number of halogens is 1. The van der Waals surface area contributed by atoms with Crippen LogP contribution in [-0.2, 0) is 11.3 Å². The third kappa shape index (κ3) is 3.52. The second kappa shape index (κ2) is 5.51. The Morgan fingerprint density at radius 3 is 3.08 bits per heavy atom. The van der Waals surface area contributed by atoms with E-state index in [1.165, 1.54) is 4.88 Å². The van der Waals surface area contributed by atoms with Gasteiger partial charge >= 0.3 is 0 Å². The summed E-state index contributed by atoms with van der Waals surface area (Å²) in [5.74, 6) is 0. The molecular weight excluding hydrogens is 236 g/mol. The molecule has 0 unspecified atom stereocenters. The minimum absolute atomic E-state index is 0.700. The molecule has 0 amide bonds. The summed E-state index contributed by atoms with van der Waals surface area (Å²) in [4.78, 5) is 1.26. The molecule has 1 nitrogen and oxygen atoms in total. The molecule has 0 spiro atoms. The zero-order chi connectivity index (χ0) is 8.81. The maximum absolute atomic E-state index is 5.38. The van der Waals surface area contributed by atoms with Gasteiger partial charge in [0.25, 0.3) is 0 Å². The largest absolute Gasteiger partial charge is 0.372 e. The van der Waals surface area contributed by atoms with Crippen LogP contribution in [0, 0.1) is 0 Å². The fraction of sp³-hybridized carbons (Fsp3) is 0.333. The van der Waals surface area contributed by atoms with Crippen LogP contribution in [0.1, 0.15) is 11.8 Å². The molecule has 0 aliphatic carbocycles. The normalized spacial score (nSPS) is 11.2. The summed E-state index contributed by atoms with van der Waals surface area (Å²) in [6.07, 6.45) is 3.99. The number of hydrogen-bond acceptors (Lipinski definition) is 2. The predicted molar refractivity (Wildman–Crippen MR) is 56.5 cm³/mol. The first-order valence-electron chi connectivity index (χ1n) is 3.74. The molecule has 0 saturated heterocycles. The molecule has 12 heavy (non-hydrogen) atoms. The van der Waals surface area contributed by atoms with Crippen molar-refractivity contribution in [3.05, 3.63) is 32.9 Å². The van der Waals surface area contributed by atoms with Gasteiger partial charge in [-0.1, -0.05) is 12.2 Å². The Morgan fingerprint density at radius 2 is 2.50 bits per heavy atom. The van der Waals surface area contributed by atoms with Gasteiger partial charge in [-0.15, -0.1) is 11.3 Å². The van der Waals surface area contributed by atoms with Crippen LogP contribution in [0.25, 0.3) is 0 Å². The Hall–Kier alpha value is -0.120. The summed E-state index contributed by atoms with van der Waals surface area (Å²) in [7, 11) is 0. The molecule has 0 saturated carbocycles. The molecule has 0 radical (unpaired) electrons. The lowest BCUT2D eigenvalue weighted by atomic mass is 10.5. The molecule has 1 aromatic rings. The van der Waals surface area contributed by atoms with Crippen LogP contribution in [0.4, 0.5) is 0 Å². The smallest absolute Gasteiger partial charge is 0.0814 e. The van der Waals surface area contributed by atoms with Crippen LogP contribution in [-0.4, -0.2) is 6.61 Å². The van der Waals surface area contributed by atoms with E-state index < -0.39 is 0 Å². The maximum Gasteiger partial charge on any atom is 0.0814 e. The van der Waals surface area contributed by atoms with Crippen LogP contribution in [0.3, 0.4) is 0 Å². The molecule has 1 heterocycles. The van der Waals surface area contributed by atoms with E-state index in [-0.39, 0.29) is 0 Å². The van der Waals surface area contributed by atoms with E-state index in [2.05, 4.69) is 27.4 Å². The van der Waals surface area contributed by atoms with Gasteiger partial charge in [-0.3, -0.25) is 0 Å². The summed E-state index contributed by atoms with van der Waals surface area (Å²) < 4.78 is 6.51. The Balaban J connectivity index is 2.24. The Kier molecular flexibility index (Phi) is 4.58. The van der Waals surface area contributed by atoms with Crippen molar-refractivity contribution in [2.75, 3.05) is 6.61 Å². The number of rotatable bonds is 4. The average molecular weight is 247 g/mol. The van der Waals surface area contributed by atoms with E-state index in [0.29, 0.717) is 13.2 Å². The van der Waals surface area contributed by atoms with Crippen molar-refractivity contribution in [3.63, 3.8) is 0 Å². The molecule has 0 aliphatic rings. The SMILES string of the molecule is CC=CCOCc1cc(Br)cs1. The van der Waals surface area contributed by atoms with Crippen molar-refractivity contribution in [2.45, 2.75) is 13.5 Å². The van der Waals surface area contributed by atoms with Crippen LogP contribution in [0.2, 0.25) is 0 Å². The molecule has 3 heteroatoms. The Morgan fingerprint density at radius 1 is 1.67 bits per heavy atom. The highest BCUT2D eigenvalue weighted by atomic mass is 79.9. The molecule has 0 atom stereocenters. The first-order chi connectivity index (χ1) is 5.83. The van der Waals surface area contributed by atoms with Crippen LogP contribution in [0.5, 0.6) is 0 Å². The molecular formula is C9H11BrOS. The van der Waals surface area contributed by atoms with Crippen LogP contribution in [0.15, 0.2) is 28.1 Å². The van der Waals surface area contributed by atoms with E-state index in [0.717, 1.165) is 4.47 Å². The second-order valence-corrected chi connectivity index (χ2v) is 4.23. The Bertz CT molecular complexity index is 255. The first kappa shape index (κ1) is 9.96. The van der Waals surface area contributed by atoms with Crippen LogP contribution < -0.4 is 0 Å².